The van der Waals surface area contributed by atoms with Crippen LogP contribution in [-0.4, -0.2) is 51.1 Å². The van der Waals surface area contributed by atoms with Crippen LogP contribution in [0.3, 0.4) is 0 Å². The van der Waals surface area contributed by atoms with Crippen LogP contribution >= 0.6 is 0 Å². The number of ether oxygens (including phenoxy) is 2. The second-order valence-electron chi connectivity index (χ2n) is 7.70. The second kappa shape index (κ2) is 7.17. The van der Waals surface area contributed by atoms with E-state index in [0.717, 1.165) is 32.3 Å². The zero-order valence-corrected chi connectivity index (χ0v) is 17.2. The molecule has 1 atom stereocenters. The molecular formula is C13H32O4Si3. The first-order chi connectivity index (χ1) is 8.99. The van der Waals surface area contributed by atoms with E-state index in [1.807, 2.05) is 0 Å². The Balaban J connectivity index is 2.39. The lowest BCUT2D eigenvalue weighted by Gasteiger charge is -2.38. The van der Waals surface area contributed by atoms with Crippen molar-refractivity contribution in [3.63, 3.8) is 0 Å². The molecule has 0 aromatic rings. The Morgan fingerprint density at radius 2 is 1.45 bits per heavy atom. The van der Waals surface area contributed by atoms with Gasteiger partial charge in [-0.15, -0.1) is 0 Å². The molecule has 7 heteroatoms. The molecule has 1 fully saturated rings. The molecule has 0 spiro atoms. The maximum Gasteiger partial charge on any atom is 0.314 e. The Bertz CT molecular complexity index is 279. The van der Waals surface area contributed by atoms with Gasteiger partial charge in [-0.05, 0) is 58.3 Å². The Morgan fingerprint density at radius 1 is 0.950 bits per heavy atom. The van der Waals surface area contributed by atoms with Crippen molar-refractivity contribution in [2.24, 2.45) is 0 Å². The average molecular weight is 337 g/mol. The minimum Gasteiger partial charge on any atom is -0.437 e. The fraction of sp³-hybridized carbons (Fsp3) is 1.00. The maximum atomic E-state index is 6.45. The molecule has 120 valence electrons. The van der Waals surface area contributed by atoms with E-state index >= 15 is 0 Å². The van der Waals surface area contributed by atoms with Crippen LogP contribution in [0.1, 0.15) is 6.42 Å². The van der Waals surface area contributed by atoms with Crippen LogP contribution in [0.2, 0.25) is 51.9 Å². The molecule has 1 unspecified atom stereocenters. The van der Waals surface area contributed by atoms with Gasteiger partial charge in [0.1, 0.15) is 6.10 Å². The van der Waals surface area contributed by atoms with E-state index in [1.165, 1.54) is 0 Å². The Morgan fingerprint density at radius 3 is 1.85 bits per heavy atom. The molecule has 0 aromatic heterocycles. The number of epoxide rings is 1. The van der Waals surface area contributed by atoms with Crippen molar-refractivity contribution in [1.82, 2.24) is 0 Å². The first kappa shape index (κ1) is 18.5. The molecule has 1 aliphatic heterocycles. The molecule has 1 rings (SSSR count). The largest absolute Gasteiger partial charge is 0.437 e. The fourth-order valence-corrected chi connectivity index (χ4v) is 14.8. The molecule has 0 aromatic carbocycles. The minimum atomic E-state index is -2.07. The van der Waals surface area contributed by atoms with Crippen molar-refractivity contribution < 1.29 is 17.7 Å². The highest BCUT2D eigenvalue weighted by Crippen LogP contribution is 2.25. The molecule has 0 radical (unpaired) electrons. The van der Waals surface area contributed by atoms with E-state index in [2.05, 4.69) is 45.8 Å². The summed E-state index contributed by atoms with van der Waals surface area (Å²) in [5.41, 5.74) is 0. The van der Waals surface area contributed by atoms with Crippen LogP contribution in [0.5, 0.6) is 0 Å². The van der Waals surface area contributed by atoms with Crippen LogP contribution in [0, 0.1) is 0 Å². The molecule has 0 N–H and O–H groups in total. The summed E-state index contributed by atoms with van der Waals surface area (Å²) in [5.74, 6) is 0. The molecule has 0 aliphatic carbocycles. The zero-order chi connectivity index (χ0) is 15.4. The molecule has 1 aliphatic rings. The van der Waals surface area contributed by atoms with Crippen LogP contribution in [0.25, 0.3) is 0 Å². The normalized spacial score (nSPS) is 20.2. The monoisotopic (exact) mass is 336 g/mol. The third kappa shape index (κ3) is 9.43. The Labute approximate surface area is 127 Å². The standard InChI is InChI=1S/C13H32O4Si3/c1-18(2,3)16-20(7,17-19(4,5)6)10-8-9-14-11-13-12-15-13/h13H,8-12H2,1-7H3. The number of rotatable bonds is 10. The van der Waals surface area contributed by atoms with Crippen LogP contribution in [0.15, 0.2) is 0 Å². The molecular weight excluding hydrogens is 304 g/mol. The fourth-order valence-electron chi connectivity index (χ4n) is 2.29. The van der Waals surface area contributed by atoms with Gasteiger partial charge < -0.3 is 17.7 Å². The molecule has 20 heavy (non-hydrogen) atoms. The van der Waals surface area contributed by atoms with Gasteiger partial charge in [-0.3, -0.25) is 0 Å². The van der Waals surface area contributed by atoms with Crippen molar-refractivity contribution in [3.8, 4) is 0 Å². The lowest BCUT2D eigenvalue weighted by Crippen LogP contribution is -2.52. The van der Waals surface area contributed by atoms with Gasteiger partial charge in [-0.25, -0.2) is 0 Å². The maximum absolute atomic E-state index is 6.45. The highest BCUT2D eigenvalue weighted by Gasteiger charge is 2.39. The van der Waals surface area contributed by atoms with Gasteiger partial charge >= 0.3 is 8.56 Å². The predicted octanol–water partition coefficient (Wildman–Crippen LogP) is 3.57. The predicted molar refractivity (Wildman–Crippen MR) is 90.5 cm³/mol. The summed E-state index contributed by atoms with van der Waals surface area (Å²) in [6, 6.07) is 1.02. The molecule has 1 heterocycles. The highest BCUT2D eigenvalue weighted by atomic mass is 28.5. The van der Waals surface area contributed by atoms with E-state index in [-0.39, 0.29) is 0 Å². The van der Waals surface area contributed by atoms with E-state index in [4.69, 9.17) is 17.7 Å². The SMILES string of the molecule is C[Si](C)(C)O[Si](C)(CCCOCC1CO1)O[Si](C)(C)C. The summed E-state index contributed by atoms with van der Waals surface area (Å²) >= 11 is 0. The number of hydrogen-bond donors (Lipinski definition) is 0. The minimum absolute atomic E-state index is 0.357. The first-order valence-electron chi connectivity index (χ1n) is 7.59. The van der Waals surface area contributed by atoms with E-state index in [0.29, 0.717) is 6.10 Å². The van der Waals surface area contributed by atoms with E-state index < -0.39 is 25.2 Å². The molecule has 4 nitrogen and oxygen atoms in total. The highest BCUT2D eigenvalue weighted by molar-refractivity contribution is 6.87. The first-order valence-corrected chi connectivity index (χ1v) is 16.9. The smallest absolute Gasteiger partial charge is 0.314 e. The van der Waals surface area contributed by atoms with Gasteiger partial charge in [0.25, 0.3) is 0 Å². The van der Waals surface area contributed by atoms with Gasteiger partial charge in [-0.2, -0.15) is 0 Å². The Hall–Kier alpha value is 0.491. The van der Waals surface area contributed by atoms with E-state index in [9.17, 15) is 0 Å². The van der Waals surface area contributed by atoms with Gasteiger partial charge in [0.05, 0.1) is 13.2 Å². The third-order valence-corrected chi connectivity index (χ3v) is 12.3. The quantitative estimate of drug-likeness (QED) is 0.347. The topological polar surface area (TPSA) is 40.2 Å². The Kier molecular flexibility index (Phi) is 6.64. The van der Waals surface area contributed by atoms with Gasteiger partial charge in [0, 0.05) is 6.61 Å². The van der Waals surface area contributed by atoms with Gasteiger partial charge in [-0.1, -0.05) is 0 Å². The molecule has 1 saturated heterocycles. The summed E-state index contributed by atoms with van der Waals surface area (Å²) in [6.07, 6.45) is 1.37. The average Bonchev–Trinajstić information content (AvgIpc) is 2.94. The lowest BCUT2D eigenvalue weighted by molar-refractivity contribution is 0.116. The second-order valence-corrected chi connectivity index (χ2v) is 20.5. The summed E-state index contributed by atoms with van der Waals surface area (Å²) < 4.78 is 23.7. The summed E-state index contributed by atoms with van der Waals surface area (Å²) in [5, 5.41) is 0. The van der Waals surface area contributed by atoms with Crippen molar-refractivity contribution in [2.45, 2.75) is 64.4 Å². The number of hydrogen-bond acceptors (Lipinski definition) is 4. The summed E-state index contributed by atoms with van der Waals surface area (Å²) in [6.45, 7) is 18.1. The van der Waals surface area contributed by atoms with E-state index in [1.54, 1.807) is 0 Å². The van der Waals surface area contributed by atoms with Crippen LogP contribution < -0.4 is 0 Å². The van der Waals surface area contributed by atoms with Gasteiger partial charge in [0.15, 0.2) is 16.6 Å². The van der Waals surface area contributed by atoms with Crippen molar-refractivity contribution in [2.75, 3.05) is 19.8 Å². The van der Waals surface area contributed by atoms with Gasteiger partial charge in [0.2, 0.25) is 0 Å². The molecule has 0 saturated carbocycles. The lowest BCUT2D eigenvalue weighted by atomic mass is 10.5. The molecule has 0 amide bonds. The third-order valence-electron chi connectivity index (χ3n) is 2.67. The van der Waals surface area contributed by atoms with Crippen LogP contribution in [0.4, 0.5) is 0 Å². The molecule has 0 bridgehead atoms. The summed E-state index contributed by atoms with van der Waals surface area (Å²) in [7, 11) is -5.21. The van der Waals surface area contributed by atoms with Crippen molar-refractivity contribution in [3.05, 3.63) is 0 Å². The summed E-state index contributed by atoms with van der Waals surface area (Å²) in [4.78, 5) is 0. The van der Waals surface area contributed by atoms with Crippen molar-refractivity contribution in [1.29, 1.82) is 0 Å². The van der Waals surface area contributed by atoms with Crippen molar-refractivity contribution >= 4 is 25.2 Å². The van der Waals surface area contributed by atoms with Crippen LogP contribution in [-0.2, 0) is 17.7 Å². The zero-order valence-electron chi connectivity index (χ0n) is 14.2.